The second kappa shape index (κ2) is 5.65. The fourth-order valence-electron chi connectivity index (χ4n) is 1.95. The minimum absolute atomic E-state index is 0.0496. The highest BCUT2D eigenvalue weighted by atomic mass is 19.3. The summed E-state index contributed by atoms with van der Waals surface area (Å²) in [6, 6.07) is 8.29. The number of nitrogens with two attached hydrogens (primary N) is 1. The zero-order valence-corrected chi connectivity index (χ0v) is 10.6. The standard InChI is InChI=1S/C14H15F2N3/c1-19(9-10-3-2-6-18-8-10)13-5-4-11(17)7-12(13)14(15)16/h2-8,14H,9,17H2,1H3. The van der Waals surface area contributed by atoms with Gasteiger partial charge < -0.3 is 10.6 Å². The molecule has 1 heterocycles. The molecule has 2 aromatic rings. The summed E-state index contributed by atoms with van der Waals surface area (Å²) in [7, 11) is 1.77. The lowest BCUT2D eigenvalue weighted by Crippen LogP contribution is -2.18. The first kappa shape index (κ1) is 13.3. The lowest BCUT2D eigenvalue weighted by atomic mass is 10.1. The third-order valence-electron chi connectivity index (χ3n) is 2.84. The summed E-state index contributed by atoms with van der Waals surface area (Å²) in [5.74, 6) is 0. The van der Waals surface area contributed by atoms with Crippen molar-refractivity contribution >= 4 is 11.4 Å². The summed E-state index contributed by atoms with van der Waals surface area (Å²) >= 11 is 0. The van der Waals surface area contributed by atoms with Gasteiger partial charge in [-0.25, -0.2) is 8.78 Å². The van der Waals surface area contributed by atoms with E-state index in [1.54, 1.807) is 36.5 Å². The van der Waals surface area contributed by atoms with Gasteiger partial charge in [0.25, 0.3) is 6.43 Å². The van der Waals surface area contributed by atoms with E-state index >= 15 is 0 Å². The van der Waals surface area contributed by atoms with Crippen molar-refractivity contribution in [3.8, 4) is 0 Å². The van der Waals surface area contributed by atoms with Crippen molar-refractivity contribution < 1.29 is 8.78 Å². The summed E-state index contributed by atoms with van der Waals surface area (Å²) in [6.45, 7) is 0.511. The van der Waals surface area contributed by atoms with Crippen LogP contribution in [0.15, 0.2) is 42.7 Å². The van der Waals surface area contributed by atoms with Crippen molar-refractivity contribution in [2.45, 2.75) is 13.0 Å². The molecular formula is C14H15F2N3. The van der Waals surface area contributed by atoms with Gasteiger partial charge in [-0.1, -0.05) is 6.07 Å². The second-order valence-electron chi connectivity index (χ2n) is 4.34. The molecule has 0 bridgehead atoms. The van der Waals surface area contributed by atoms with Crippen molar-refractivity contribution in [1.82, 2.24) is 4.98 Å². The minimum Gasteiger partial charge on any atom is -0.399 e. The van der Waals surface area contributed by atoms with E-state index in [9.17, 15) is 8.78 Å². The molecule has 0 fully saturated rings. The van der Waals surface area contributed by atoms with Crippen LogP contribution in [0.3, 0.4) is 0 Å². The number of nitrogens with zero attached hydrogens (tertiary/aromatic N) is 2. The van der Waals surface area contributed by atoms with Gasteiger partial charge in [-0.05, 0) is 29.8 Å². The van der Waals surface area contributed by atoms with Crippen LogP contribution in [0, 0.1) is 0 Å². The van der Waals surface area contributed by atoms with Crippen molar-refractivity contribution in [2.75, 3.05) is 17.7 Å². The fourth-order valence-corrected chi connectivity index (χ4v) is 1.95. The molecule has 0 unspecified atom stereocenters. The van der Waals surface area contributed by atoms with Gasteiger partial charge in [-0.15, -0.1) is 0 Å². The molecule has 3 nitrogen and oxygen atoms in total. The molecule has 0 amide bonds. The Bertz CT molecular complexity index is 544. The SMILES string of the molecule is CN(Cc1cccnc1)c1ccc(N)cc1C(F)F. The normalized spacial score (nSPS) is 10.7. The van der Waals surface area contributed by atoms with Crippen LogP contribution in [0.2, 0.25) is 0 Å². The van der Waals surface area contributed by atoms with Crippen molar-refractivity contribution in [3.63, 3.8) is 0 Å². The van der Waals surface area contributed by atoms with Gasteiger partial charge in [0, 0.05) is 42.9 Å². The smallest absolute Gasteiger partial charge is 0.265 e. The average Bonchev–Trinajstić information content (AvgIpc) is 2.39. The van der Waals surface area contributed by atoms with E-state index < -0.39 is 6.43 Å². The number of alkyl halides is 2. The molecule has 0 aliphatic carbocycles. The highest BCUT2D eigenvalue weighted by molar-refractivity contribution is 5.60. The van der Waals surface area contributed by atoms with Gasteiger partial charge in [-0.3, -0.25) is 4.98 Å². The molecule has 0 aliphatic rings. The van der Waals surface area contributed by atoms with E-state index in [0.29, 0.717) is 17.9 Å². The van der Waals surface area contributed by atoms with E-state index in [4.69, 9.17) is 5.73 Å². The Labute approximate surface area is 110 Å². The Morgan fingerprint density at radius 3 is 2.74 bits per heavy atom. The summed E-state index contributed by atoms with van der Waals surface area (Å²) < 4.78 is 26.0. The Morgan fingerprint density at radius 1 is 1.32 bits per heavy atom. The Hall–Kier alpha value is -2.17. The van der Waals surface area contributed by atoms with Crippen LogP contribution in [0.4, 0.5) is 20.2 Å². The maximum Gasteiger partial charge on any atom is 0.265 e. The molecule has 0 saturated heterocycles. The van der Waals surface area contributed by atoms with Gasteiger partial charge in [0.15, 0.2) is 0 Å². The summed E-state index contributed by atoms with van der Waals surface area (Å²) in [5, 5.41) is 0. The van der Waals surface area contributed by atoms with Crippen molar-refractivity contribution in [3.05, 3.63) is 53.9 Å². The number of anilines is 2. The summed E-state index contributed by atoms with van der Waals surface area (Å²) in [5.41, 5.74) is 7.29. The van der Waals surface area contributed by atoms with Gasteiger partial charge in [-0.2, -0.15) is 0 Å². The topological polar surface area (TPSA) is 42.2 Å². The van der Waals surface area contributed by atoms with E-state index in [-0.39, 0.29) is 5.56 Å². The van der Waals surface area contributed by atoms with Gasteiger partial charge in [0.05, 0.1) is 0 Å². The van der Waals surface area contributed by atoms with E-state index in [0.717, 1.165) is 5.56 Å². The van der Waals surface area contributed by atoms with Crippen LogP contribution in [-0.2, 0) is 6.54 Å². The maximum atomic E-state index is 13.0. The van der Waals surface area contributed by atoms with Crippen LogP contribution in [-0.4, -0.2) is 12.0 Å². The molecule has 19 heavy (non-hydrogen) atoms. The second-order valence-corrected chi connectivity index (χ2v) is 4.34. The molecular weight excluding hydrogens is 248 g/mol. The lowest BCUT2D eigenvalue weighted by molar-refractivity contribution is 0.152. The Kier molecular flexibility index (Phi) is 3.94. The molecule has 0 atom stereocenters. The molecule has 0 radical (unpaired) electrons. The molecule has 2 N–H and O–H groups in total. The molecule has 100 valence electrons. The number of benzene rings is 1. The highest BCUT2D eigenvalue weighted by Crippen LogP contribution is 2.31. The molecule has 2 rings (SSSR count). The van der Waals surface area contributed by atoms with Crippen LogP contribution in [0.25, 0.3) is 0 Å². The average molecular weight is 263 g/mol. The number of pyridine rings is 1. The van der Waals surface area contributed by atoms with Crippen LogP contribution < -0.4 is 10.6 Å². The predicted molar refractivity (Wildman–Crippen MR) is 72.2 cm³/mol. The van der Waals surface area contributed by atoms with E-state index in [1.807, 2.05) is 12.1 Å². The van der Waals surface area contributed by atoms with Crippen molar-refractivity contribution in [2.24, 2.45) is 0 Å². The first-order valence-corrected chi connectivity index (χ1v) is 5.85. The largest absolute Gasteiger partial charge is 0.399 e. The fraction of sp³-hybridized carbons (Fsp3) is 0.214. The van der Waals surface area contributed by atoms with Gasteiger partial charge >= 0.3 is 0 Å². The van der Waals surface area contributed by atoms with E-state index in [2.05, 4.69) is 4.98 Å². The summed E-state index contributed by atoms with van der Waals surface area (Å²) in [6.07, 6.45) is 0.850. The molecule has 1 aromatic carbocycles. The molecule has 0 saturated carbocycles. The molecule has 0 aliphatic heterocycles. The number of halogens is 2. The third-order valence-corrected chi connectivity index (χ3v) is 2.84. The first-order valence-electron chi connectivity index (χ1n) is 5.85. The zero-order chi connectivity index (χ0) is 13.8. The van der Waals surface area contributed by atoms with Gasteiger partial charge in [0.2, 0.25) is 0 Å². The number of aromatic nitrogens is 1. The number of rotatable bonds is 4. The maximum absolute atomic E-state index is 13.0. The molecule has 1 aromatic heterocycles. The number of hydrogen-bond donors (Lipinski definition) is 1. The highest BCUT2D eigenvalue weighted by Gasteiger charge is 2.16. The quantitative estimate of drug-likeness (QED) is 0.861. The monoisotopic (exact) mass is 263 g/mol. The van der Waals surface area contributed by atoms with Gasteiger partial charge in [0.1, 0.15) is 0 Å². The van der Waals surface area contributed by atoms with Crippen molar-refractivity contribution in [1.29, 1.82) is 0 Å². The summed E-state index contributed by atoms with van der Waals surface area (Å²) in [4.78, 5) is 5.77. The number of nitrogen functional groups attached to an aromatic ring is 1. The Balaban J connectivity index is 2.26. The Morgan fingerprint density at radius 2 is 2.11 bits per heavy atom. The third kappa shape index (κ3) is 3.19. The van der Waals surface area contributed by atoms with Crippen LogP contribution in [0.1, 0.15) is 17.6 Å². The lowest BCUT2D eigenvalue weighted by Gasteiger charge is -2.22. The van der Waals surface area contributed by atoms with Crippen LogP contribution >= 0.6 is 0 Å². The van der Waals surface area contributed by atoms with Crippen LogP contribution in [0.5, 0.6) is 0 Å². The number of hydrogen-bond acceptors (Lipinski definition) is 3. The molecule has 5 heteroatoms. The predicted octanol–water partition coefficient (Wildman–Crippen LogP) is 3.24. The first-order chi connectivity index (χ1) is 9.08. The minimum atomic E-state index is -2.55. The molecule has 0 spiro atoms. The zero-order valence-electron chi connectivity index (χ0n) is 10.6. The van der Waals surface area contributed by atoms with E-state index in [1.165, 1.54) is 6.07 Å².